The topological polar surface area (TPSA) is 35.5 Å². The average Bonchev–Trinajstić information content (AvgIpc) is 2.15. The Kier molecular flexibility index (Phi) is 6.38. The van der Waals surface area contributed by atoms with E-state index in [1.165, 1.54) is 0 Å². The summed E-state index contributed by atoms with van der Waals surface area (Å²) in [5, 5.41) is 0. The van der Waals surface area contributed by atoms with Crippen LogP contribution in [0, 0.1) is 0 Å². The van der Waals surface area contributed by atoms with Crippen LogP contribution in [0.1, 0.15) is 19.4 Å². The molecule has 1 aromatic carbocycles. The Bertz CT molecular complexity index is 393. The third-order valence-corrected chi connectivity index (χ3v) is 4.92. The van der Waals surface area contributed by atoms with E-state index in [1.807, 2.05) is 32.0 Å². The molecule has 0 aliphatic rings. The molecule has 0 spiro atoms. The molecule has 0 aliphatic carbocycles. The zero-order valence-corrected chi connectivity index (χ0v) is 13.8. The molecule has 0 aliphatic heterocycles. The summed E-state index contributed by atoms with van der Waals surface area (Å²) in [6, 6.07) is 5.75. The summed E-state index contributed by atoms with van der Waals surface area (Å²) >= 11 is 6.79. The fourth-order valence-corrected chi connectivity index (χ4v) is 4.51. The molecule has 96 valence electrons. The highest BCUT2D eigenvalue weighted by molar-refractivity contribution is 9.11. The molecule has 0 amide bonds. The Morgan fingerprint density at radius 3 is 1.94 bits per heavy atom. The lowest BCUT2D eigenvalue weighted by atomic mass is 10.2. The van der Waals surface area contributed by atoms with Crippen LogP contribution in [0.25, 0.3) is 0 Å². The van der Waals surface area contributed by atoms with Gasteiger partial charge in [0, 0.05) is 8.95 Å². The van der Waals surface area contributed by atoms with Gasteiger partial charge >= 0.3 is 7.60 Å². The highest BCUT2D eigenvalue weighted by Gasteiger charge is 2.24. The van der Waals surface area contributed by atoms with Gasteiger partial charge in [0.1, 0.15) is 0 Å². The Morgan fingerprint density at radius 1 is 1.06 bits per heavy atom. The van der Waals surface area contributed by atoms with E-state index < -0.39 is 7.60 Å². The number of hydrogen-bond acceptors (Lipinski definition) is 3. The molecule has 0 aromatic heterocycles. The van der Waals surface area contributed by atoms with E-state index in [0.717, 1.165) is 14.5 Å². The minimum absolute atomic E-state index is 0.284. The number of rotatable bonds is 6. The molecule has 6 heteroatoms. The predicted octanol–water partition coefficient (Wildman–Crippen LogP) is 4.98. The van der Waals surface area contributed by atoms with Gasteiger partial charge in [0.15, 0.2) is 0 Å². The van der Waals surface area contributed by atoms with Crippen LogP contribution in [0.4, 0.5) is 0 Å². The standard InChI is InChI=1S/C11H15Br2O3P/c1-3-15-17(14,16-4-2)8-9-5-10(12)7-11(13)6-9/h5-7H,3-4,8H2,1-2H3. The summed E-state index contributed by atoms with van der Waals surface area (Å²) in [6.07, 6.45) is 0.284. The lowest BCUT2D eigenvalue weighted by Gasteiger charge is -2.17. The highest BCUT2D eigenvalue weighted by atomic mass is 79.9. The van der Waals surface area contributed by atoms with E-state index in [9.17, 15) is 4.57 Å². The van der Waals surface area contributed by atoms with Crippen LogP contribution in [-0.2, 0) is 19.8 Å². The first-order valence-electron chi connectivity index (χ1n) is 5.32. The number of benzene rings is 1. The summed E-state index contributed by atoms with van der Waals surface area (Å²) in [4.78, 5) is 0. The van der Waals surface area contributed by atoms with E-state index >= 15 is 0 Å². The summed E-state index contributed by atoms with van der Waals surface area (Å²) in [5.41, 5.74) is 0.913. The lowest BCUT2D eigenvalue weighted by Crippen LogP contribution is -1.99. The molecule has 0 radical (unpaired) electrons. The second-order valence-corrected chi connectivity index (χ2v) is 7.27. The van der Waals surface area contributed by atoms with Crippen LogP contribution in [-0.4, -0.2) is 13.2 Å². The molecule has 0 saturated heterocycles. The van der Waals surface area contributed by atoms with Crippen molar-refractivity contribution in [3.8, 4) is 0 Å². The second-order valence-electron chi connectivity index (χ2n) is 3.38. The van der Waals surface area contributed by atoms with Gasteiger partial charge in [-0.3, -0.25) is 4.57 Å². The van der Waals surface area contributed by atoms with Gasteiger partial charge in [0.2, 0.25) is 0 Å². The first kappa shape index (κ1) is 15.4. The molecule has 0 heterocycles. The van der Waals surface area contributed by atoms with E-state index in [1.54, 1.807) is 0 Å². The SMILES string of the molecule is CCOP(=O)(Cc1cc(Br)cc(Br)c1)OCC. The largest absolute Gasteiger partial charge is 0.335 e. The quantitative estimate of drug-likeness (QED) is 0.648. The monoisotopic (exact) mass is 384 g/mol. The first-order valence-corrected chi connectivity index (χ1v) is 8.63. The van der Waals surface area contributed by atoms with Crippen LogP contribution in [0.2, 0.25) is 0 Å². The normalized spacial score (nSPS) is 11.8. The lowest BCUT2D eigenvalue weighted by molar-refractivity contribution is 0.219. The van der Waals surface area contributed by atoms with Crippen LogP contribution >= 0.6 is 39.5 Å². The maximum Gasteiger partial charge on any atom is 0.335 e. The molecular weight excluding hydrogens is 371 g/mol. The fourth-order valence-electron chi connectivity index (χ4n) is 1.45. The van der Waals surface area contributed by atoms with Crippen molar-refractivity contribution in [1.29, 1.82) is 0 Å². The summed E-state index contributed by atoms with van der Waals surface area (Å²) < 4.78 is 24.7. The van der Waals surface area contributed by atoms with E-state index in [-0.39, 0.29) is 6.16 Å². The molecule has 1 rings (SSSR count). The maximum atomic E-state index is 12.3. The van der Waals surface area contributed by atoms with Crippen molar-refractivity contribution in [1.82, 2.24) is 0 Å². The minimum atomic E-state index is -3.02. The Balaban J connectivity index is 2.89. The van der Waals surface area contributed by atoms with E-state index in [0.29, 0.717) is 13.2 Å². The molecule has 3 nitrogen and oxygen atoms in total. The molecule has 0 saturated carbocycles. The molecule has 17 heavy (non-hydrogen) atoms. The van der Waals surface area contributed by atoms with Crippen molar-refractivity contribution < 1.29 is 13.6 Å². The van der Waals surface area contributed by atoms with Gasteiger partial charge < -0.3 is 9.05 Å². The van der Waals surface area contributed by atoms with Crippen LogP contribution < -0.4 is 0 Å². The van der Waals surface area contributed by atoms with E-state index in [4.69, 9.17) is 9.05 Å². The van der Waals surface area contributed by atoms with Gasteiger partial charge in [-0.2, -0.15) is 0 Å². The third kappa shape index (κ3) is 5.23. The van der Waals surface area contributed by atoms with Gasteiger partial charge in [-0.05, 0) is 37.6 Å². The molecule has 0 bridgehead atoms. The van der Waals surface area contributed by atoms with Crippen LogP contribution in [0.15, 0.2) is 27.1 Å². The van der Waals surface area contributed by atoms with Gasteiger partial charge in [-0.1, -0.05) is 31.9 Å². The molecule has 0 atom stereocenters. The smallest absolute Gasteiger partial charge is 0.309 e. The first-order chi connectivity index (χ1) is 7.99. The van der Waals surface area contributed by atoms with Crippen molar-refractivity contribution >= 4 is 39.5 Å². The summed E-state index contributed by atoms with van der Waals surface area (Å²) in [5.74, 6) is 0. The number of hydrogen-bond donors (Lipinski definition) is 0. The van der Waals surface area contributed by atoms with Gasteiger partial charge in [-0.15, -0.1) is 0 Å². The minimum Gasteiger partial charge on any atom is -0.309 e. The maximum absolute atomic E-state index is 12.3. The Labute approximate surface area is 119 Å². The summed E-state index contributed by atoms with van der Waals surface area (Å²) in [7, 11) is -3.02. The molecule has 1 aromatic rings. The van der Waals surface area contributed by atoms with Crippen molar-refractivity contribution in [2.75, 3.05) is 13.2 Å². The molecular formula is C11H15Br2O3P. The zero-order chi connectivity index (χ0) is 12.9. The fraction of sp³-hybridized carbons (Fsp3) is 0.455. The van der Waals surface area contributed by atoms with Gasteiger partial charge in [0.25, 0.3) is 0 Å². The van der Waals surface area contributed by atoms with Crippen LogP contribution in [0.5, 0.6) is 0 Å². The van der Waals surface area contributed by atoms with Gasteiger partial charge in [0.05, 0.1) is 19.4 Å². The van der Waals surface area contributed by atoms with Crippen molar-refractivity contribution in [2.24, 2.45) is 0 Å². The molecule has 0 N–H and O–H groups in total. The van der Waals surface area contributed by atoms with E-state index in [2.05, 4.69) is 31.9 Å². The summed E-state index contributed by atoms with van der Waals surface area (Å²) in [6.45, 7) is 4.38. The van der Waals surface area contributed by atoms with Crippen molar-refractivity contribution in [2.45, 2.75) is 20.0 Å². The predicted molar refractivity (Wildman–Crippen MR) is 76.4 cm³/mol. The zero-order valence-electron chi connectivity index (χ0n) is 9.78. The Hall–Kier alpha value is 0.330. The molecule has 0 fully saturated rings. The second kappa shape index (κ2) is 7.05. The Morgan fingerprint density at radius 2 is 1.53 bits per heavy atom. The van der Waals surface area contributed by atoms with Crippen LogP contribution in [0.3, 0.4) is 0 Å². The van der Waals surface area contributed by atoms with Crippen molar-refractivity contribution in [3.05, 3.63) is 32.7 Å². The average molecular weight is 386 g/mol. The van der Waals surface area contributed by atoms with Gasteiger partial charge in [-0.25, -0.2) is 0 Å². The van der Waals surface area contributed by atoms with Crippen molar-refractivity contribution in [3.63, 3.8) is 0 Å². The number of halogens is 2. The molecule has 0 unspecified atom stereocenters. The third-order valence-electron chi connectivity index (χ3n) is 1.95. The highest BCUT2D eigenvalue weighted by Crippen LogP contribution is 2.51.